The summed E-state index contributed by atoms with van der Waals surface area (Å²) in [6.45, 7) is 1.41. The van der Waals surface area contributed by atoms with E-state index in [9.17, 15) is 19.2 Å². The number of hydrogen-bond acceptors (Lipinski definition) is 5. The Morgan fingerprint density at radius 2 is 1.83 bits per heavy atom. The van der Waals surface area contributed by atoms with E-state index < -0.39 is 29.1 Å². The number of fused-ring (bicyclic) bond motifs is 1. The third-order valence-corrected chi connectivity index (χ3v) is 7.17. The van der Waals surface area contributed by atoms with Crippen LogP contribution in [0.15, 0.2) is 53.3 Å². The van der Waals surface area contributed by atoms with Crippen LogP contribution in [0.4, 0.5) is 16.2 Å². The van der Waals surface area contributed by atoms with Gasteiger partial charge in [0.05, 0.1) is 11.6 Å². The number of rotatable bonds is 4. The molecule has 1 saturated heterocycles. The third kappa shape index (κ3) is 4.40. The third-order valence-electron chi connectivity index (χ3n) is 6.84. The summed E-state index contributed by atoms with van der Waals surface area (Å²) in [6, 6.07) is 16.3. The molecule has 35 heavy (non-hydrogen) atoms. The first-order chi connectivity index (χ1) is 17.0. The molecule has 1 amide bonds. The Labute approximate surface area is 206 Å². The summed E-state index contributed by atoms with van der Waals surface area (Å²) in [5, 5.41) is 12.3. The summed E-state index contributed by atoms with van der Waals surface area (Å²) >= 11 is 6.25. The maximum Gasteiger partial charge on any atom is 0.258 e. The summed E-state index contributed by atoms with van der Waals surface area (Å²) in [5.74, 6) is -2.90. The lowest BCUT2D eigenvalue weighted by Crippen LogP contribution is -2.41. The van der Waals surface area contributed by atoms with Crippen molar-refractivity contribution in [2.45, 2.75) is 25.2 Å². The summed E-state index contributed by atoms with van der Waals surface area (Å²) < 4.78 is 14.8. The fourth-order valence-corrected chi connectivity index (χ4v) is 5.35. The minimum absolute atomic E-state index is 0.0332. The van der Waals surface area contributed by atoms with Gasteiger partial charge in [-0.05, 0) is 42.9 Å². The SMILES string of the molecule is N#CC1C(=O)Nc2nc(N3CCC(Cc4ccccc4)CC3)[nH]c(=O)c2C1c1c(F)cccc1Cl. The van der Waals surface area contributed by atoms with Gasteiger partial charge in [0.2, 0.25) is 11.9 Å². The molecule has 1 aromatic heterocycles. The number of aromatic nitrogens is 2. The quantitative estimate of drug-likeness (QED) is 0.568. The number of carbonyl (C=O) groups excluding carboxylic acids is 1. The van der Waals surface area contributed by atoms with E-state index in [1.807, 2.05) is 29.2 Å². The monoisotopic (exact) mass is 491 g/mol. The number of anilines is 2. The van der Waals surface area contributed by atoms with Crippen LogP contribution >= 0.6 is 11.6 Å². The Morgan fingerprint density at radius 3 is 2.51 bits per heavy atom. The fourth-order valence-electron chi connectivity index (χ4n) is 5.06. The van der Waals surface area contributed by atoms with Crippen molar-refractivity contribution in [3.05, 3.63) is 86.4 Å². The van der Waals surface area contributed by atoms with E-state index in [1.54, 1.807) is 0 Å². The zero-order chi connectivity index (χ0) is 24.5. The molecule has 3 aromatic rings. The number of halogens is 2. The summed E-state index contributed by atoms with van der Waals surface area (Å²) in [4.78, 5) is 35.3. The minimum atomic E-state index is -1.32. The van der Waals surface area contributed by atoms with Crippen molar-refractivity contribution in [1.29, 1.82) is 5.26 Å². The van der Waals surface area contributed by atoms with Crippen LogP contribution in [-0.2, 0) is 11.2 Å². The van der Waals surface area contributed by atoms with Gasteiger partial charge in [0.1, 0.15) is 17.6 Å². The van der Waals surface area contributed by atoms with Crippen LogP contribution in [0.1, 0.15) is 35.4 Å². The number of piperidine rings is 1. The lowest BCUT2D eigenvalue weighted by molar-refractivity contribution is -0.119. The van der Waals surface area contributed by atoms with Gasteiger partial charge >= 0.3 is 0 Å². The van der Waals surface area contributed by atoms with Crippen molar-refractivity contribution >= 4 is 29.3 Å². The number of aromatic amines is 1. The molecule has 7 nitrogen and oxygen atoms in total. The molecule has 1 fully saturated rings. The number of benzene rings is 2. The van der Waals surface area contributed by atoms with Gasteiger partial charge in [-0.15, -0.1) is 0 Å². The Hall–Kier alpha value is -3.70. The second-order valence-corrected chi connectivity index (χ2v) is 9.39. The van der Waals surface area contributed by atoms with Crippen molar-refractivity contribution in [2.75, 3.05) is 23.3 Å². The second kappa shape index (κ2) is 9.51. The number of nitrogens with zero attached hydrogens (tertiary/aromatic N) is 3. The highest BCUT2D eigenvalue weighted by Crippen LogP contribution is 2.42. The van der Waals surface area contributed by atoms with E-state index in [2.05, 4.69) is 27.4 Å². The van der Waals surface area contributed by atoms with Crippen LogP contribution in [0.5, 0.6) is 0 Å². The van der Waals surface area contributed by atoms with Gasteiger partial charge in [0, 0.05) is 29.6 Å². The summed E-state index contributed by atoms with van der Waals surface area (Å²) in [6.07, 6.45) is 2.87. The molecule has 0 saturated carbocycles. The molecule has 0 bridgehead atoms. The molecular weight excluding hydrogens is 469 g/mol. The largest absolute Gasteiger partial charge is 0.342 e. The topological polar surface area (TPSA) is 102 Å². The molecule has 2 unspecified atom stereocenters. The van der Waals surface area contributed by atoms with Crippen molar-refractivity contribution < 1.29 is 9.18 Å². The molecule has 2 aliphatic heterocycles. The molecule has 0 spiro atoms. The van der Waals surface area contributed by atoms with Gasteiger partial charge in [0.15, 0.2) is 0 Å². The molecule has 2 aromatic carbocycles. The Balaban J connectivity index is 1.44. The minimum Gasteiger partial charge on any atom is -0.342 e. The van der Waals surface area contributed by atoms with Gasteiger partial charge in [0.25, 0.3) is 5.56 Å². The number of H-pyrrole nitrogens is 1. The first-order valence-electron chi connectivity index (χ1n) is 11.5. The van der Waals surface area contributed by atoms with Crippen molar-refractivity contribution in [3.8, 4) is 6.07 Å². The molecule has 2 N–H and O–H groups in total. The molecule has 2 atom stereocenters. The highest BCUT2D eigenvalue weighted by molar-refractivity contribution is 6.31. The molecule has 3 heterocycles. The Kier molecular flexibility index (Phi) is 6.27. The van der Waals surface area contributed by atoms with E-state index in [0.717, 1.165) is 19.3 Å². The van der Waals surface area contributed by atoms with E-state index >= 15 is 0 Å². The maximum atomic E-state index is 14.8. The maximum absolute atomic E-state index is 14.8. The van der Waals surface area contributed by atoms with E-state index in [4.69, 9.17) is 11.6 Å². The lowest BCUT2D eigenvalue weighted by Gasteiger charge is -2.34. The summed E-state index contributed by atoms with van der Waals surface area (Å²) in [7, 11) is 0. The molecule has 178 valence electrons. The van der Waals surface area contributed by atoms with Crippen LogP contribution in [-0.4, -0.2) is 29.0 Å². The Morgan fingerprint density at radius 1 is 1.09 bits per heavy atom. The number of carbonyl (C=O) groups is 1. The Bertz CT molecular complexity index is 1340. The normalized spacial score (nSPS) is 20.1. The predicted molar refractivity (Wildman–Crippen MR) is 131 cm³/mol. The molecule has 0 aliphatic carbocycles. The van der Waals surface area contributed by atoms with Crippen molar-refractivity contribution in [2.24, 2.45) is 11.8 Å². The van der Waals surface area contributed by atoms with Crippen LogP contribution in [0.3, 0.4) is 0 Å². The number of nitriles is 1. The number of hydrogen-bond donors (Lipinski definition) is 2. The van der Waals surface area contributed by atoms with Gasteiger partial charge in [-0.3, -0.25) is 14.6 Å². The molecular formula is C26H23ClFN5O2. The molecule has 5 rings (SSSR count). The number of amides is 1. The summed E-state index contributed by atoms with van der Waals surface area (Å²) in [5.41, 5.74) is 0.754. The highest BCUT2D eigenvalue weighted by atomic mass is 35.5. The van der Waals surface area contributed by atoms with Crippen LogP contribution < -0.4 is 15.8 Å². The van der Waals surface area contributed by atoms with Crippen molar-refractivity contribution in [3.63, 3.8) is 0 Å². The second-order valence-electron chi connectivity index (χ2n) is 8.98. The van der Waals surface area contributed by atoms with E-state index in [0.29, 0.717) is 25.0 Å². The average Bonchev–Trinajstić information content (AvgIpc) is 2.84. The predicted octanol–water partition coefficient (Wildman–Crippen LogP) is 4.25. The zero-order valence-electron chi connectivity index (χ0n) is 18.8. The van der Waals surface area contributed by atoms with Gasteiger partial charge < -0.3 is 10.2 Å². The van der Waals surface area contributed by atoms with Crippen LogP contribution in [0, 0.1) is 29.0 Å². The van der Waals surface area contributed by atoms with Crippen LogP contribution in [0.2, 0.25) is 5.02 Å². The zero-order valence-corrected chi connectivity index (χ0v) is 19.6. The first-order valence-corrected chi connectivity index (χ1v) is 11.9. The smallest absolute Gasteiger partial charge is 0.258 e. The van der Waals surface area contributed by atoms with Gasteiger partial charge in [-0.25, -0.2) is 4.39 Å². The molecule has 0 radical (unpaired) electrons. The first kappa shape index (κ1) is 23.1. The lowest BCUT2D eigenvalue weighted by atomic mass is 9.79. The average molecular weight is 492 g/mol. The molecule has 9 heteroatoms. The standard InChI is InChI=1S/C26H23ClFN5O2/c27-18-7-4-8-19(28)21(18)20-17(14-29)24(34)30-23-22(20)25(35)32-26(31-23)33-11-9-16(10-12-33)13-15-5-2-1-3-6-15/h1-8,16-17,20H,9-13H2,(H2,30,31,32,34,35). The number of nitrogens with one attached hydrogen (secondary N) is 2. The van der Waals surface area contributed by atoms with Crippen molar-refractivity contribution in [1.82, 2.24) is 9.97 Å². The van der Waals surface area contributed by atoms with Crippen LogP contribution in [0.25, 0.3) is 0 Å². The van der Waals surface area contributed by atoms with E-state index in [-0.39, 0.29) is 22.0 Å². The van der Waals surface area contributed by atoms with Gasteiger partial charge in [-0.2, -0.15) is 10.2 Å². The molecule has 2 aliphatic rings. The highest BCUT2D eigenvalue weighted by Gasteiger charge is 2.42. The van der Waals surface area contributed by atoms with E-state index in [1.165, 1.54) is 23.8 Å². The fraction of sp³-hybridized carbons (Fsp3) is 0.308. The van der Waals surface area contributed by atoms with Gasteiger partial charge in [-0.1, -0.05) is 48.0 Å².